The number of hydrogen-bond acceptors (Lipinski definition) is 5. The third-order valence-corrected chi connectivity index (χ3v) is 5.39. The Bertz CT molecular complexity index is 1000. The van der Waals surface area contributed by atoms with Gasteiger partial charge in [-0.1, -0.05) is 41.1 Å². The third kappa shape index (κ3) is 5.47. The van der Waals surface area contributed by atoms with Crippen LogP contribution in [0.15, 0.2) is 53.7 Å². The number of amides is 1. The monoisotopic (exact) mass is 446 g/mol. The molecule has 0 spiro atoms. The van der Waals surface area contributed by atoms with Crippen LogP contribution in [0.1, 0.15) is 5.56 Å². The van der Waals surface area contributed by atoms with Gasteiger partial charge in [0, 0.05) is 23.3 Å². The highest BCUT2D eigenvalue weighted by Crippen LogP contribution is 2.28. The highest BCUT2D eigenvalue weighted by atomic mass is 35.5. The van der Waals surface area contributed by atoms with Crippen LogP contribution >= 0.6 is 35.6 Å². The molecular weight excluding hydrogens is 428 g/mol. The van der Waals surface area contributed by atoms with Gasteiger partial charge in [-0.3, -0.25) is 20.2 Å². The Kier molecular flexibility index (Phi) is 7.08. The summed E-state index contributed by atoms with van der Waals surface area (Å²) in [5.41, 5.74) is 8.07. The van der Waals surface area contributed by atoms with Crippen LogP contribution in [0.2, 0.25) is 5.02 Å². The zero-order valence-corrected chi connectivity index (χ0v) is 18.2. The number of hydrogen-bond donors (Lipinski definition) is 3. The molecule has 29 heavy (non-hydrogen) atoms. The maximum absolute atomic E-state index is 12.1. The summed E-state index contributed by atoms with van der Waals surface area (Å²) in [6, 6.07) is 15.4. The van der Waals surface area contributed by atoms with Gasteiger partial charge in [0.15, 0.2) is 16.1 Å². The summed E-state index contributed by atoms with van der Waals surface area (Å²) in [6.07, 6.45) is 0. The van der Waals surface area contributed by atoms with Crippen molar-refractivity contribution >= 4 is 46.6 Å². The molecule has 10 heteroatoms. The Hall–Kier alpha value is -2.62. The van der Waals surface area contributed by atoms with Gasteiger partial charge in [-0.25, -0.2) is 0 Å². The number of thiocarbonyl (C=S) groups is 1. The second kappa shape index (κ2) is 9.73. The topological polar surface area (TPSA) is 83.9 Å². The van der Waals surface area contributed by atoms with Crippen molar-refractivity contribution in [2.45, 2.75) is 12.1 Å². The van der Waals surface area contributed by atoms with E-state index in [2.05, 4.69) is 26.4 Å². The first-order valence-corrected chi connectivity index (χ1v) is 10.4. The maximum atomic E-state index is 12.1. The standard InChI is InChI=1S/C19H19ClN6OS2/c1-12-3-9-15(10-4-12)26-17(13-5-7-14(20)8-6-13)23-25-19(26)29-11-16(27)22-24-18(28)21-2/h3-10H,11H2,1-2H3,(H,22,27)(H2,21,24,28). The van der Waals surface area contributed by atoms with Crippen LogP contribution in [-0.2, 0) is 4.79 Å². The average Bonchev–Trinajstić information content (AvgIpc) is 3.15. The lowest BCUT2D eigenvalue weighted by Gasteiger charge is -2.11. The van der Waals surface area contributed by atoms with Crippen LogP contribution in [0, 0.1) is 6.92 Å². The minimum absolute atomic E-state index is 0.143. The second-order valence-electron chi connectivity index (χ2n) is 6.03. The second-order valence-corrected chi connectivity index (χ2v) is 7.81. The molecule has 0 aliphatic heterocycles. The van der Waals surface area contributed by atoms with Crippen molar-refractivity contribution in [3.8, 4) is 17.1 Å². The van der Waals surface area contributed by atoms with E-state index in [1.165, 1.54) is 11.8 Å². The van der Waals surface area contributed by atoms with Crippen molar-refractivity contribution in [3.05, 3.63) is 59.1 Å². The highest BCUT2D eigenvalue weighted by Gasteiger charge is 2.17. The molecule has 150 valence electrons. The normalized spacial score (nSPS) is 10.4. The molecule has 3 rings (SSSR count). The van der Waals surface area contributed by atoms with Crippen LogP contribution < -0.4 is 16.2 Å². The maximum Gasteiger partial charge on any atom is 0.248 e. The summed E-state index contributed by atoms with van der Waals surface area (Å²) in [4.78, 5) is 12.1. The molecule has 0 fully saturated rings. The largest absolute Gasteiger partial charge is 0.364 e. The molecular formula is C19H19ClN6OS2. The summed E-state index contributed by atoms with van der Waals surface area (Å²) >= 11 is 12.2. The number of halogens is 1. The van der Waals surface area contributed by atoms with Crippen molar-refractivity contribution in [2.24, 2.45) is 0 Å². The molecule has 1 heterocycles. The van der Waals surface area contributed by atoms with Gasteiger partial charge >= 0.3 is 0 Å². The van der Waals surface area contributed by atoms with Gasteiger partial charge in [-0.15, -0.1) is 10.2 Å². The molecule has 0 atom stereocenters. The first-order chi connectivity index (χ1) is 14.0. The van der Waals surface area contributed by atoms with E-state index in [4.69, 9.17) is 23.8 Å². The molecule has 3 N–H and O–H groups in total. The smallest absolute Gasteiger partial charge is 0.248 e. The molecule has 0 aliphatic carbocycles. The van der Waals surface area contributed by atoms with Gasteiger partial charge in [-0.2, -0.15) is 0 Å². The first kappa shape index (κ1) is 21.1. The van der Waals surface area contributed by atoms with Crippen molar-refractivity contribution < 1.29 is 4.79 Å². The molecule has 0 bridgehead atoms. The predicted molar refractivity (Wildman–Crippen MR) is 120 cm³/mol. The van der Waals surface area contributed by atoms with E-state index in [1.807, 2.05) is 60.0 Å². The Morgan fingerprint density at radius 2 is 1.79 bits per heavy atom. The number of carbonyl (C=O) groups excluding carboxylic acids is 1. The molecule has 0 radical (unpaired) electrons. The quantitative estimate of drug-likeness (QED) is 0.315. The van der Waals surface area contributed by atoms with Crippen LogP contribution in [0.5, 0.6) is 0 Å². The Balaban J connectivity index is 1.87. The van der Waals surface area contributed by atoms with E-state index in [9.17, 15) is 4.79 Å². The van der Waals surface area contributed by atoms with E-state index >= 15 is 0 Å². The van der Waals surface area contributed by atoms with Crippen molar-refractivity contribution in [1.29, 1.82) is 0 Å². The minimum atomic E-state index is -0.237. The number of hydrazine groups is 1. The molecule has 3 aromatic rings. The fraction of sp³-hybridized carbons (Fsp3) is 0.158. The fourth-order valence-electron chi connectivity index (χ4n) is 2.43. The lowest BCUT2D eigenvalue weighted by molar-refractivity contribution is -0.119. The van der Waals surface area contributed by atoms with Crippen molar-refractivity contribution in [1.82, 2.24) is 30.9 Å². The van der Waals surface area contributed by atoms with E-state index in [0.29, 0.717) is 21.1 Å². The number of aryl methyl sites for hydroxylation is 1. The predicted octanol–water partition coefficient (Wildman–Crippen LogP) is 3.11. The van der Waals surface area contributed by atoms with Gasteiger partial charge in [0.25, 0.3) is 0 Å². The zero-order chi connectivity index (χ0) is 20.8. The summed E-state index contributed by atoms with van der Waals surface area (Å²) in [5, 5.41) is 12.9. The van der Waals surface area contributed by atoms with Crippen LogP contribution in [-0.4, -0.2) is 38.6 Å². The third-order valence-electron chi connectivity index (χ3n) is 3.90. The number of aromatic nitrogens is 3. The lowest BCUT2D eigenvalue weighted by atomic mass is 10.2. The van der Waals surface area contributed by atoms with Gasteiger partial charge in [0.2, 0.25) is 5.91 Å². The minimum Gasteiger partial charge on any atom is -0.364 e. The summed E-state index contributed by atoms with van der Waals surface area (Å²) in [6.45, 7) is 2.03. The zero-order valence-electron chi connectivity index (χ0n) is 15.8. The molecule has 1 aromatic heterocycles. The molecule has 7 nitrogen and oxygen atoms in total. The number of nitrogens with one attached hydrogen (secondary N) is 3. The molecule has 0 saturated heterocycles. The lowest BCUT2D eigenvalue weighted by Crippen LogP contribution is -2.46. The van der Waals surface area contributed by atoms with E-state index in [1.54, 1.807) is 7.05 Å². The van der Waals surface area contributed by atoms with Gasteiger partial charge in [0.1, 0.15) is 0 Å². The first-order valence-electron chi connectivity index (χ1n) is 8.65. The van der Waals surface area contributed by atoms with Crippen LogP contribution in [0.4, 0.5) is 0 Å². The molecule has 1 amide bonds. The van der Waals surface area contributed by atoms with Crippen LogP contribution in [0.3, 0.4) is 0 Å². The SMILES string of the molecule is CNC(=S)NNC(=O)CSc1nnc(-c2ccc(Cl)cc2)n1-c1ccc(C)cc1. The van der Waals surface area contributed by atoms with Crippen molar-refractivity contribution in [2.75, 3.05) is 12.8 Å². The number of carbonyl (C=O) groups is 1. The van der Waals surface area contributed by atoms with E-state index in [-0.39, 0.29) is 11.7 Å². The highest BCUT2D eigenvalue weighted by molar-refractivity contribution is 7.99. The van der Waals surface area contributed by atoms with Crippen LogP contribution in [0.25, 0.3) is 17.1 Å². The molecule has 0 unspecified atom stereocenters. The van der Waals surface area contributed by atoms with Gasteiger partial charge < -0.3 is 5.32 Å². The number of rotatable bonds is 5. The van der Waals surface area contributed by atoms with E-state index < -0.39 is 0 Å². The summed E-state index contributed by atoms with van der Waals surface area (Å²) < 4.78 is 1.92. The van der Waals surface area contributed by atoms with E-state index in [0.717, 1.165) is 16.8 Å². The summed E-state index contributed by atoms with van der Waals surface area (Å²) in [7, 11) is 1.67. The Morgan fingerprint density at radius 1 is 1.10 bits per heavy atom. The number of thioether (sulfide) groups is 1. The number of nitrogens with zero attached hydrogens (tertiary/aromatic N) is 3. The molecule has 2 aromatic carbocycles. The van der Waals surface area contributed by atoms with Gasteiger partial charge in [0.05, 0.1) is 5.75 Å². The van der Waals surface area contributed by atoms with Crippen molar-refractivity contribution in [3.63, 3.8) is 0 Å². The number of benzene rings is 2. The van der Waals surface area contributed by atoms with Gasteiger partial charge in [-0.05, 0) is 55.5 Å². The average molecular weight is 447 g/mol. The summed E-state index contributed by atoms with van der Waals surface area (Å²) in [5.74, 6) is 0.575. The molecule has 0 saturated carbocycles. The Morgan fingerprint density at radius 3 is 2.45 bits per heavy atom. The molecule has 0 aliphatic rings. The fourth-order valence-corrected chi connectivity index (χ4v) is 3.36. The Labute approximate surface area is 183 Å².